The van der Waals surface area contributed by atoms with E-state index < -0.39 is 0 Å². The second-order valence-corrected chi connectivity index (χ2v) is 5.40. The molecule has 1 heterocycles. The van der Waals surface area contributed by atoms with E-state index in [1.807, 2.05) is 18.2 Å². The van der Waals surface area contributed by atoms with Crippen LogP contribution in [0.3, 0.4) is 0 Å². The number of halogens is 2. The molecule has 2 aromatic rings. The van der Waals surface area contributed by atoms with Crippen molar-refractivity contribution in [1.29, 1.82) is 0 Å². The molecule has 19 heavy (non-hydrogen) atoms. The summed E-state index contributed by atoms with van der Waals surface area (Å²) in [7, 11) is 0. The third-order valence-electron chi connectivity index (χ3n) is 2.80. The van der Waals surface area contributed by atoms with E-state index in [-0.39, 0.29) is 0 Å². The zero-order chi connectivity index (χ0) is 13.7. The van der Waals surface area contributed by atoms with Gasteiger partial charge in [-0.1, -0.05) is 59.1 Å². The number of rotatable bonds is 5. The van der Waals surface area contributed by atoms with Crippen molar-refractivity contribution in [3.63, 3.8) is 0 Å². The molecule has 3 nitrogen and oxygen atoms in total. The summed E-state index contributed by atoms with van der Waals surface area (Å²) in [5.41, 5.74) is 2.17. The van der Waals surface area contributed by atoms with Crippen LogP contribution in [0.2, 0.25) is 5.15 Å². The Kier molecular flexibility index (Phi) is 5.16. The van der Waals surface area contributed by atoms with Gasteiger partial charge in [-0.15, -0.1) is 0 Å². The molecule has 0 bridgehead atoms. The Labute approximate surface area is 126 Å². The predicted octanol–water partition coefficient (Wildman–Crippen LogP) is 4.46. The van der Waals surface area contributed by atoms with E-state index in [4.69, 9.17) is 11.6 Å². The summed E-state index contributed by atoms with van der Waals surface area (Å²) in [5.74, 6) is 0.817. The largest absolute Gasteiger partial charge is 0.366 e. The third kappa shape index (κ3) is 3.67. The minimum Gasteiger partial charge on any atom is -0.366 e. The Bertz CT molecular complexity index is 560. The van der Waals surface area contributed by atoms with Crippen LogP contribution in [-0.2, 0) is 13.0 Å². The van der Waals surface area contributed by atoms with E-state index in [1.165, 1.54) is 11.9 Å². The average Bonchev–Trinajstić information content (AvgIpc) is 2.41. The minimum atomic E-state index is 0.534. The number of nitrogens with one attached hydrogen (secondary N) is 1. The molecule has 0 amide bonds. The number of aromatic nitrogens is 2. The molecule has 0 aliphatic rings. The SMILES string of the molecule is CCCc1c(Cl)ncnc1NCc1ccccc1Br. The van der Waals surface area contributed by atoms with Crippen molar-refractivity contribution in [3.05, 3.63) is 51.3 Å². The quantitative estimate of drug-likeness (QED) is 0.817. The molecule has 100 valence electrons. The van der Waals surface area contributed by atoms with Gasteiger partial charge in [-0.3, -0.25) is 0 Å². The summed E-state index contributed by atoms with van der Waals surface area (Å²) in [6.07, 6.45) is 3.37. The lowest BCUT2D eigenvalue weighted by Gasteiger charge is -2.12. The fourth-order valence-corrected chi connectivity index (χ4v) is 2.49. The number of anilines is 1. The highest BCUT2D eigenvalue weighted by Crippen LogP contribution is 2.23. The first-order chi connectivity index (χ1) is 9.22. The average molecular weight is 341 g/mol. The highest BCUT2D eigenvalue weighted by Gasteiger charge is 2.09. The second-order valence-electron chi connectivity index (χ2n) is 4.19. The van der Waals surface area contributed by atoms with Crippen molar-refractivity contribution in [2.45, 2.75) is 26.3 Å². The summed E-state index contributed by atoms with van der Waals surface area (Å²) < 4.78 is 1.08. The van der Waals surface area contributed by atoms with Gasteiger partial charge in [-0.2, -0.15) is 0 Å². The highest BCUT2D eigenvalue weighted by molar-refractivity contribution is 9.10. The van der Waals surface area contributed by atoms with Gasteiger partial charge in [0.25, 0.3) is 0 Å². The normalized spacial score (nSPS) is 10.5. The predicted molar refractivity (Wildman–Crippen MR) is 82.5 cm³/mol. The van der Waals surface area contributed by atoms with Crippen LogP contribution in [0.5, 0.6) is 0 Å². The van der Waals surface area contributed by atoms with E-state index >= 15 is 0 Å². The number of nitrogens with zero attached hydrogens (tertiary/aromatic N) is 2. The molecule has 0 radical (unpaired) electrons. The molecular weight excluding hydrogens is 326 g/mol. The summed E-state index contributed by atoms with van der Waals surface area (Å²) in [5, 5.41) is 3.86. The zero-order valence-corrected chi connectivity index (χ0v) is 13.0. The summed E-state index contributed by atoms with van der Waals surface area (Å²) in [6, 6.07) is 8.11. The van der Waals surface area contributed by atoms with Crippen molar-refractivity contribution in [3.8, 4) is 0 Å². The lowest BCUT2D eigenvalue weighted by atomic mass is 10.1. The van der Waals surface area contributed by atoms with Crippen molar-refractivity contribution in [2.75, 3.05) is 5.32 Å². The molecule has 5 heteroatoms. The van der Waals surface area contributed by atoms with Gasteiger partial charge in [0.05, 0.1) is 0 Å². The Morgan fingerprint density at radius 3 is 2.79 bits per heavy atom. The van der Waals surface area contributed by atoms with Gasteiger partial charge in [-0.05, 0) is 18.1 Å². The van der Waals surface area contributed by atoms with Crippen LogP contribution >= 0.6 is 27.5 Å². The maximum absolute atomic E-state index is 6.12. The summed E-state index contributed by atoms with van der Waals surface area (Å²) >= 11 is 9.66. The Hall–Kier alpha value is -1.13. The molecule has 1 aromatic heterocycles. The molecule has 0 aliphatic heterocycles. The third-order valence-corrected chi connectivity index (χ3v) is 3.90. The zero-order valence-electron chi connectivity index (χ0n) is 10.7. The van der Waals surface area contributed by atoms with Crippen LogP contribution in [0.4, 0.5) is 5.82 Å². The first-order valence-electron chi connectivity index (χ1n) is 6.19. The van der Waals surface area contributed by atoms with Crippen molar-refractivity contribution in [1.82, 2.24) is 9.97 Å². The van der Waals surface area contributed by atoms with Crippen LogP contribution < -0.4 is 5.32 Å². The maximum atomic E-state index is 6.12. The van der Waals surface area contributed by atoms with Crippen molar-refractivity contribution in [2.24, 2.45) is 0 Å². The van der Waals surface area contributed by atoms with Gasteiger partial charge in [0.2, 0.25) is 0 Å². The van der Waals surface area contributed by atoms with Gasteiger partial charge in [0.15, 0.2) is 0 Å². The Morgan fingerprint density at radius 2 is 2.05 bits per heavy atom. The van der Waals surface area contributed by atoms with Gasteiger partial charge in [-0.25, -0.2) is 9.97 Å². The molecule has 0 saturated heterocycles. The molecule has 0 spiro atoms. The molecule has 2 rings (SSSR count). The van der Waals surface area contributed by atoms with E-state index in [0.29, 0.717) is 11.7 Å². The van der Waals surface area contributed by atoms with Gasteiger partial charge in [0.1, 0.15) is 17.3 Å². The van der Waals surface area contributed by atoms with Crippen LogP contribution in [0.15, 0.2) is 35.1 Å². The molecule has 1 N–H and O–H groups in total. The maximum Gasteiger partial charge on any atom is 0.137 e. The number of hydrogen-bond acceptors (Lipinski definition) is 3. The number of benzene rings is 1. The molecule has 0 fully saturated rings. The van der Waals surface area contributed by atoms with Crippen LogP contribution in [0.25, 0.3) is 0 Å². The standard InChI is InChI=1S/C14H15BrClN3/c1-2-5-11-13(16)18-9-19-14(11)17-8-10-6-3-4-7-12(10)15/h3-4,6-7,9H,2,5,8H2,1H3,(H,17,18,19). The van der Waals surface area contributed by atoms with Crippen LogP contribution in [0, 0.1) is 0 Å². The van der Waals surface area contributed by atoms with Crippen LogP contribution in [0.1, 0.15) is 24.5 Å². The Balaban J connectivity index is 2.16. The minimum absolute atomic E-state index is 0.534. The van der Waals surface area contributed by atoms with Crippen LogP contribution in [-0.4, -0.2) is 9.97 Å². The number of hydrogen-bond donors (Lipinski definition) is 1. The monoisotopic (exact) mass is 339 g/mol. The first kappa shape index (κ1) is 14.3. The molecule has 1 aromatic carbocycles. The lowest BCUT2D eigenvalue weighted by molar-refractivity contribution is 0.897. The fraction of sp³-hybridized carbons (Fsp3) is 0.286. The smallest absolute Gasteiger partial charge is 0.137 e. The lowest BCUT2D eigenvalue weighted by Crippen LogP contribution is -2.06. The first-order valence-corrected chi connectivity index (χ1v) is 7.36. The molecule has 0 saturated carbocycles. The topological polar surface area (TPSA) is 37.8 Å². The van der Waals surface area contributed by atoms with Crippen molar-refractivity contribution >= 4 is 33.3 Å². The summed E-state index contributed by atoms with van der Waals surface area (Å²) in [6.45, 7) is 2.81. The molecule has 0 atom stereocenters. The van der Waals surface area contributed by atoms with E-state index in [9.17, 15) is 0 Å². The van der Waals surface area contributed by atoms with Gasteiger partial charge < -0.3 is 5.32 Å². The summed E-state index contributed by atoms with van der Waals surface area (Å²) in [4.78, 5) is 8.32. The van der Waals surface area contributed by atoms with Crippen molar-refractivity contribution < 1.29 is 0 Å². The molecular formula is C14H15BrClN3. The van der Waals surface area contributed by atoms with Gasteiger partial charge >= 0.3 is 0 Å². The Morgan fingerprint density at radius 1 is 1.26 bits per heavy atom. The van der Waals surface area contributed by atoms with E-state index in [2.05, 4.69) is 44.2 Å². The molecule has 0 aliphatic carbocycles. The molecule has 0 unspecified atom stereocenters. The second kappa shape index (κ2) is 6.87. The van der Waals surface area contributed by atoms with Gasteiger partial charge in [0, 0.05) is 16.6 Å². The van der Waals surface area contributed by atoms with E-state index in [1.54, 1.807) is 0 Å². The fourth-order valence-electron chi connectivity index (χ4n) is 1.84. The van der Waals surface area contributed by atoms with E-state index in [0.717, 1.165) is 28.7 Å². The highest BCUT2D eigenvalue weighted by atomic mass is 79.9.